The van der Waals surface area contributed by atoms with Crippen LogP contribution in [0.1, 0.15) is 47.0 Å². The third kappa shape index (κ3) is 6.97. The molecule has 0 aromatic rings. The summed E-state index contributed by atoms with van der Waals surface area (Å²) in [4.78, 5) is 13.4. The standard InChI is InChI=1S/C14H30N2O2/c1-5-12(6-2)11-16(8-4)10-9-13(14(17)18)15-7-3/h12-13,15H,5-11H2,1-4H3,(H,17,18). The molecule has 0 bridgehead atoms. The van der Waals surface area contributed by atoms with E-state index in [0.717, 1.165) is 25.6 Å². The summed E-state index contributed by atoms with van der Waals surface area (Å²) in [5.41, 5.74) is 0. The van der Waals surface area contributed by atoms with Crippen LogP contribution in [0.4, 0.5) is 0 Å². The predicted molar refractivity (Wildman–Crippen MR) is 75.9 cm³/mol. The topological polar surface area (TPSA) is 52.6 Å². The lowest BCUT2D eigenvalue weighted by Gasteiger charge is -2.26. The number of carbonyl (C=O) groups is 1. The van der Waals surface area contributed by atoms with Gasteiger partial charge in [0.2, 0.25) is 0 Å². The van der Waals surface area contributed by atoms with Crippen molar-refractivity contribution in [1.29, 1.82) is 0 Å². The first-order valence-electron chi connectivity index (χ1n) is 7.27. The lowest BCUT2D eigenvalue weighted by molar-refractivity contribution is -0.139. The first kappa shape index (κ1) is 17.4. The zero-order valence-electron chi connectivity index (χ0n) is 12.4. The molecule has 0 aromatic heterocycles. The number of hydrogen-bond acceptors (Lipinski definition) is 3. The van der Waals surface area contributed by atoms with E-state index in [1.165, 1.54) is 12.8 Å². The second kappa shape index (κ2) is 10.3. The van der Waals surface area contributed by atoms with E-state index in [9.17, 15) is 4.79 Å². The highest BCUT2D eigenvalue weighted by molar-refractivity contribution is 5.73. The molecule has 108 valence electrons. The molecular weight excluding hydrogens is 228 g/mol. The number of nitrogens with zero attached hydrogens (tertiary/aromatic N) is 1. The largest absolute Gasteiger partial charge is 0.480 e. The molecule has 0 heterocycles. The highest BCUT2D eigenvalue weighted by Gasteiger charge is 2.17. The smallest absolute Gasteiger partial charge is 0.320 e. The fourth-order valence-electron chi connectivity index (χ4n) is 2.16. The van der Waals surface area contributed by atoms with Crippen LogP contribution in [0.2, 0.25) is 0 Å². The van der Waals surface area contributed by atoms with Gasteiger partial charge in [0.05, 0.1) is 0 Å². The van der Waals surface area contributed by atoms with Crippen molar-refractivity contribution in [2.75, 3.05) is 26.2 Å². The molecule has 0 aromatic carbocycles. The van der Waals surface area contributed by atoms with Crippen LogP contribution in [0, 0.1) is 5.92 Å². The van der Waals surface area contributed by atoms with E-state index in [1.807, 2.05) is 6.92 Å². The average Bonchev–Trinajstić information content (AvgIpc) is 2.37. The quantitative estimate of drug-likeness (QED) is 0.596. The number of hydrogen-bond donors (Lipinski definition) is 2. The van der Waals surface area contributed by atoms with Crippen LogP contribution < -0.4 is 5.32 Å². The third-order valence-electron chi connectivity index (χ3n) is 3.60. The van der Waals surface area contributed by atoms with Crippen LogP contribution in [-0.2, 0) is 4.79 Å². The summed E-state index contributed by atoms with van der Waals surface area (Å²) in [6.45, 7) is 12.2. The van der Waals surface area contributed by atoms with Crippen LogP contribution in [-0.4, -0.2) is 48.2 Å². The molecular formula is C14H30N2O2. The Bertz CT molecular complexity index is 218. The van der Waals surface area contributed by atoms with E-state index in [4.69, 9.17) is 5.11 Å². The number of nitrogens with one attached hydrogen (secondary N) is 1. The Morgan fingerprint density at radius 2 is 1.83 bits per heavy atom. The van der Waals surface area contributed by atoms with Gasteiger partial charge in [-0.2, -0.15) is 0 Å². The van der Waals surface area contributed by atoms with Gasteiger partial charge >= 0.3 is 5.97 Å². The zero-order chi connectivity index (χ0) is 14.0. The molecule has 0 aliphatic heterocycles. The molecule has 0 fully saturated rings. The summed E-state index contributed by atoms with van der Waals surface area (Å²) in [7, 11) is 0. The van der Waals surface area contributed by atoms with Crippen molar-refractivity contribution in [1.82, 2.24) is 10.2 Å². The van der Waals surface area contributed by atoms with Crippen LogP contribution >= 0.6 is 0 Å². The summed E-state index contributed by atoms with van der Waals surface area (Å²) >= 11 is 0. The monoisotopic (exact) mass is 258 g/mol. The molecule has 0 radical (unpaired) electrons. The highest BCUT2D eigenvalue weighted by atomic mass is 16.4. The first-order chi connectivity index (χ1) is 8.58. The van der Waals surface area contributed by atoms with Crippen LogP contribution in [0.15, 0.2) is 0 Å². The van der Waals surface area contributed by atoms with Crippen molar-refractivity contribution >= 4 is 5.97 Å². The number of aliphatic carboxylic acids is 1. The zero-order valence-corrected chi connectivity index (χ0v) is 12.4. The lowest BCUT2D eigenvalue weighted by atomic mass is 10.0. The van der Waals surface area contributed by atoms with Gasteiger partial charge in [0.1, 0.15) is 6.04 Å². The van der Waals surface area contributed by atoms with Crippen molar-refractivity contribution in [3.05, 3.63) is 0 Å². The SMILES string of the molecule is CCNC(CCN(CC)CC(CC)CC)C(=O)O. The Morgan fingerprint density at radius 3 is 2.22 bits per heavy atom. The van der Waals surface area contributed by atoms with Crippen LogP contribution in [0.3, 0.4) is 0 Å². The second-order valence-electron chi connectivity index (χ2n) is 4.81. The van der Waals surface area contributed by atoms with E-state index in [0.29, 0.717) is 13.0 Å². The van der Waals surface area contributed by atoms with Gasteiger partial charge in [-0.1, -0.05) is 40.5 Å². The van der Waals surface area contributed by atoms with Gasteiger partial charge in [-0.15, -0.1) is 0 Å². The molecule has 0 amide bonds. The molecule has 0 spiro atoms. The fraction of sp³-hybridized carbons (Fsp3) is 0.929. The van der Waals surface area contributed by atoms with Gasteiger partial charge in [0, 0.05) is 13.1 Å². The maximum Gasteiger partial charge on any atom is 0.320 e. The number of likely N-dealkylation sites (N-methyl/N-ethyl adjacent to an activating group) is 1. The average molecular weight is 258 g/mol. The summed E-state index contributed by atoms with van der Waals surface area (Å²) < 4.78 is 0. The normalized spacial score (nSPS) is 13.2. The van der Waals surface area contributed by atoms with Crippen molar-refractivity contribution < 1.29 is 9.90 Å². The molecule has 0 rings (SSSR count). The highest BCUT2D eigenvalue weighted by Crippen LogP contribution is 2.10. The maximum atomic E-state index is 11.0. The summed E-state index contributed by atoms with van der Waals surface area (Å²) in [5.74, 6) is -0.0113. The molecule has 0 aliphatic carbocycles. The van der Waals surface area contributed by atoms with Gasteiger partial charge < -0.3 is 15.3 Å². The molecule has 4 nitrogen and oxygen atoms in total. The molecule has 1 unspecified atom stereocenters. The van der Waals surface area contributed by atoms with Gasteiger partial charge in [0.15, 0.2) is 0 Å². The van der Waals surface area contributed by atoms with E-state index >= 15 is 0 Å². The predicted octanol–water partition coefficient (Wildman–Crippen LogP) is 2.20. The molecule has 1 atom stereocenters. The lowest BCUT2D eigenvalue weighted by Crippen LogP contribution is -2.40. The van der Waals surface area contributed by atoms with Gasteiger partial charge in [0.25, 0.3) is 0 Å². The van der Waals surface area contributed by atoms with Crippen molar-refractivity contribution in [2.45, 2.75) is 53.0 Å². The number of carboxylic acids is 1. The van der Waals surface area contributed by atoms with E-state index < -0.39 is 12.0 Å². The Morgan fingerprint density at radius 1 is 1.22 bits per heavy atom. The number of carboxylic acid groups (broad SMARTS) is 1. The van der Waals surface area contributed by atoms with Crippen LogP contribution in [0.25, 0.3) is 0 Å². The summed E-state index contributed by atoms with van der Waals surface area (Å²) in [6.07, 6.45) is 3.07. The fourth-order valence-corrected chi connectivity index (χ4v) is 2.16. The molecule has 18 heavy (non-hydrogen) atoms. The minimum absolute atomic E-state index is 0.411. The molecule has 2 N–H and O–H groups in total. The van der Waals surface area contributed by atoms with Crippen molar-refractivity contribution in [3.8, 4) is 0 Å². The molecule has 0 aliphatic rings. The summed E-state index contributed by atoms with van der Waals surface area (Å²) in [5, 5.41) is 12.1. The number of rotatable bonds is 11. The molecule has 4 heteroatoms. The van der Waals surface area contributed by atoms with E-state index in [2.05, 4.69) is 31.0 Å². The Hall–Kier alpha value is -0.610. The van der Waals surface area contributed by atoms with Gasteiger partial charge in [-0.25, -0.2) is 0 Å². The Balaban J connectivity index is 4.14. The summed E-state index contributed by atoms with van der Waals surface area (Å²) in [6, 6.07) is -0.411. The Labute approximate surface area is 112 Å². The van der Waals surface area contributed by atoms with Gasteiger partial charge in [-0.3, -0.25) is 4.79 Å². The minimum atomic E-state index is -0.740. The van der Waals surface area contributed by atoms with Crippen molar-refractivity contribution in [3.63, 3.8) is 0 Å². The molecule has 0 saturated carbocycles. The molecule has 0 saturated heterocycles. The maximum absolute atomic E-state index is 11.0. The van der Waals surface area contributed by atoms with Crippen molar-refractivity contribution in [2.24, 2.45) is 5.92 Å². The van der Waals surface area contributed by atoms with E-state index in [-0.39, 0.29) is 0 Å². The third-order valence-corrected chi connectivity index (χ3v) is 3.60. The van der Waals surface area contributed by atoms with Gasteiger partial charge in [-0.05, 0) is 25.4 Å². The van der Waals surface area contributed by atoms with E-state index in [1.54, 1.807) is 0 Å². The Kier molecular flexibility index (Phi) is 9.98. The second-order valence-corrected chi connectivity index (χ2v) is 4.81. The van der Waals surface area contributed by atoms with Crippen LogP contribution in [0.5, 0.6) is 0 Å². The minimum Gasteiger partial charge on any atom is -0.480 e. The first-order valence-corrected chi connectivity index (χ1v) is 7.27.